The Morgan fingerprint density at radius 2 is 1.67 bits per heavy atom. The number of nitrogens with zero attached hydrogens (tertiary/aromatic N) is 1. The van der Waals surface area contributed by atoms with E-state index >= 15 is 0 Å². The van der Waals surface area contributed by atoms with Crippen LogP contribution in [0.3, 0.4) is 0 Å². The van der Waals surface area contributed by atoms with Crippen LogP contribution in [0, 0.1) is 5.92 Å². The second-order valence-electron chi connectivity index (χ2n) is 8.74. The summed E-state index contributed by atoms with van der Waals surface area (Å²) in [6, 6.07) is -0.594. The predicted molar refractivity (Wildman–Crippen MR) is 133 cm³/mol. The molecule has 2 N–H and O–H groups in total. The minimum Gasteiger partial charge on any atom is -0.465 e. The number of carbonyl (C=O) groups excluding carboxylic acids is 5. The normalized spacial score (nSPS) is 12.1. The molecular formula is C22H39N3O6S2. The summed E-state index contributed by atoms with van der Waals surface area (Å²) in [6.07, 6.45) is 1.07. The van der Waals surface area contributed by atoms with Crippen molar-refractivity contribution in [1.82, 2.24) is 15.5 Å². The number of Topliss-reactive ketones (excluding diaryl/α,β-unsaturated/α-hetero) is 1. The second-order valence-corrected chi connectivity index (χ2v) is 11.9. The van der Waals surface area contributed by atoms with E-state index in [9.17, 15) is 24.0 Å². The molecule has 0 unspecified atom stereocenters. The van der Waals surface area contributed by atoms with Crippen LogP contribution in [0.4, 0.5) is 0 Å². The minimum absolute atomic E-state index is 0.0842. The van der Waals surface area contributed by atoms with Gasteiger partial charge in [0.25, 0.3) is 0 Å². The Balaban J connectivity index is 4.06. The van der Waals surface area contributed by atoms with Crippen molar-refractivity contribution in [3.63, 3.8) is 0 Å². The quantitative estimate of drug-likeness (QED) is 0.186. The first kappa shape index (κ1) is 31.2. The molecule has 9 nitrogen and oxygen atoms in total. The van der Waals surface area contributed by atoms with E-state index in [1.165, 1.54) is 18.9 Å². The van der Waals surface area contributed by atoms with Crippen molar-refractivity contribution in [2.45, 2.75) is 71.6 Å². The maximum absolute atomic E-state index is 12.1. The Hall–Kier alpha value is -1.75. The Bertz CT molecular complexity index is 685. The van der Waals surface area contributed by atoms with E-state index in [1.807, 2.05) is 0 Å². The lowest BCUT2D eigenvalue weighted by Crippen LogP contribution is -2.44. The van der Waals surface area contributed by atoms with E-state index in [-0.39, 0.29) is 53.7 Å². The van der Waals surface area contributed by atoms with Crippen LogP contribution in [0.5, 0.6) is 0 Å². The number of rotatable bonds is 16. The number of amides is 3. The molecule has 3 amide bonds. The van der Waals surface area contributed by atoms with Crippen LogP contribution in [0.15, 0.2) is 0 Å². The summed E-state index contributed by atoms with van der Waals surface area (Å²) in [5.41, 5.74) is 0. The average molecular weight is 506 g/mol. The molecule has 0 radical (unpaired) electrons. The number of likely N-dealkylation sites (N-methyl/N-ethyl adjacent to an activating group) is 1. The van der Waals surface area contributed by atoms with E-state index < -0.39 is 11.9 Å². The number of hydrogen-bond donors (Lipinski definition) is 2. The Kier molecular flexibility index (Phi) is 15.1. The smallest absolute Gasteiger partial charge is 0.308 e. The molecule has 0 fully saturated rings. The largest absolute Gasteiger partial charge is 0.465 e. The van der Waals surface area contributed by atoms with Gasteiger partial charge in [-0.25, -0.2) is 0 Å². The summed E-state index contributed by atoms with van der Waals surface area (Å²) < 4.78 is 5.01. The molecule has 0 aliphatic heterocycles. The number of esters is 1. The third kappa shape index (κ3) is 15.7. The van der Waals surface area contributed by atoms with E-state index in [1.54, 1.807) is 42.4 Å². The van der Waals surface area contributed by atoms with Gasteiger partial charge in [0.05, 0.1) is 18.5 Å². The van der Waals surface area contributed by atoms with Gasteiger partial charge in [0, 0.05) is 36.9 Å². The molecule has 11 heteroatoms. The summed E-state index contributed by atoms with van der Waals surface area (Å²) in [6.45, 7) is 11.1. The second kappa shape index (κ2) is 16.0. The molecule has 0 rings (SSSR count). The SMILES string of the molecule is CC(=O)[C@H](C)NC(=O)CN(C)C(=O)CCNC(=O)CCC(C)(C)SSCCOC(=O)C(C)C. The molecule has 0 saturated heterocycles. The first-order valence-electron chi connectivity index (χ1n) is 11.0. The predicted octanol–water partition coefficient (Wildman–Crippen LogP) is 2.18. The minimum atomic E-state index is -0.594. The average Bonchev–Trinajstić information content (AvgIpc) is 2.71. The van der Waals surface area contributed by atoms with Crippen molar-refractivity contribution in [1.29, 1.82) is 0 Å². The summed E-state index contributed by atoms with van der Waals surface area (Å²) in [5, 5.41) is 5.26. The molecule has 33 heavy (non-hydrogen) atoms. The fourth-order valence-corrected chi connectivity index (χ4v) is 4.68. The van der Waals surface area contributed by atoms with Gasteiger partial charge < -0.3 is 20.3 Å². The van der Waals surface area contributed by atoms with Gasteiger partial charge in [-0.2, -0.15) is 0 Å². The van der Waals surface area contributed by atoms with Crippen LogP contribution in [0.1, 0.15) is 60.8 Å². The molecule has 190 valence electrons. The maximum atomic E-state index is 12.1. The Morgan fingerprint density at radius 1 is 1.03 bits per heavy atom. The van der Waals surface area contributed by atoms with Crippen molar-refractivity contribution in [3.05, 3.63) is 0 Å². The molecular weight excluding hydrogens is 466 g/mol. The van der Waals surface area contributed by atoms with Gasteiger partial charge in [-0.15, -0.1) is 0 Å². The number of ketones is 1. The van der Waals surface area contributed by atoms with Crippen LogP contribution in [-0.4, -0.2) is 77.7 Å². The van der Waals surface area contributed by atoms with Crippen molar-refractivity contribution < 1.29 is 28.7 Å². The van der Waals surface area contributed by atoms with Gasteiger partial charge in [0.1, 0.15) is 6.61 Å². The summed E-state index contributed by atoms with van der Waals surface area (Å²) >= 11 is 0. The fraction of sp³-hybridized carbons (Fsp3) is 0.773. The van der Waals surface area contributed by atoms with Gasteiger partial charge >= 0.3 is 5.97 Å². The van der Waals surface area contributed by atoms with Crippen molar-refractivity contribution in [3.8, 4) is 0 Å². The zero-order chi connectivity index (χ0) is 25.6. The van der Waals surface area contributed by atoms with Crippen LogP contribution < -0.4 is 10.6 Å². The standard InChI is InChI=1S/C22H39N3O6S2/c1-15(2)21(30)31-12-13-32-33-22(5,6)10-8-18(27)23-11-9-20(29)25(7)14-19(28)24-16(3)17(4)26/h15-16H,8-14H2,1-7H3,(H,23,27)(H,24,28)/t16-/m0/s1. The third-order valence-corrected chi connectivity index (χ3v) is 7.89. The number of ether oxygens (including phenoxy) is 1. The van der Waals surface area contributed by atoms with Gasteiger partial charge in [-0.1, -0.05) is 35.4 Å². The lowest BCUT2D eigenvalue weighted by atomic mass is 10.1. The van der Waals surface area contributed by atoms with Crippen LogP contribution >= 0.6 is 21.6 Å². The van der Waals surface area contributed by atoms with Crippen molar-refractivity contribution in [2.75, 3.05) is 32.5 Å². The van der Waals surface area contributed by atoms with Crippen molar-refractivity contribution >= 4 is 51.1 Å². The monoisotopic (exact) mass is 505 g/mol. The summed E-state index contributed by atoms with van der Waals surface area (Å²) in [7, 11) is 4.76. The molecule has 0 bridgehead atoms. The molecule has 0 heterocycles. The molecule has 0 spiro atoms. The molecule has 0 aromatic heterocycles. The highest BCUT2D eigenvalue weighted by molar-refractivity contribution is 8.77. The summed E-state index contributed by atoms with van der Waals surface area (Å²) in [5.74, 6) is -0.628. The molecule has 0 aromatic carbocycles. The maximum Gasteiger partial charge on any atom is 0.308 e. The topological polar surface area (TPSA) is 122 Å². The molecule has 0 saturated carbocycles. The summed E-state index contributed by atoms with van der Waals surface area (Å²) in [4.78, 5) is 60.0. The van der Waals surface area contributed by atoms with E-state index in [0.29, 0.717) is 25.2 Å². The first-order valence-corrected chi connectivity index (χ1v) is 13.3. The van der Waals surface area contributed by atoms with Gasteiger partial charge in [0.2, 0.25) is 17.7 Å². The molecule has 0 aliphatic carbocycles. The number of nitrogens with one attached hydrogen (secondary N) is 2. The lowest BCUT2D eigenvalue weighted by molar-refractivity contribution is -0.146. The van der Waals surface area contributed by atoms with E-state index in [0.717, 1.165) is 0 Å². The van der Waals surface area contributed by atoms with Gasteiger partial charge in [-0.05, 0) is 34.1 Å². The highest BCUT2D eigenvalue weighted by Gasteiger charge is 2.21. The molecule has 1 atom stereocenters. The van der Waals surface area contributed by atoms with E-state index in [4.69, 9.17) is 4.74 Å². The highest BCUT2D eigenvalue weighted by Crippen LogP contribution is 2.38. The van der Waals surface area contributed by atoms with Crippen LogP contribution in [0.25, 0.3) is 0 Å². The van der Waals surface area contributed by atoms with Gasteiger partial charge in [0.15, 0.2) is 5.78 Å². The first-order chi connectivity index (χ1) is 15.2. The third-order valence-electron chi connectivity index (χ3n) is 4.58. The zero-order valence-electron chi connectivity index (χ0n) is 20.8. The van der Waals surface area contributed by atoms with Gasteiger partial charge in [-0.3, -0.25) is 24.0 Å². The fourth-order valence-electron chi connectivity index (χ4n) is 2.28. The zero-order valence-corrected chi connectivity index (χ0v) is 22.5. The Morgan fingerprint density at radius 3 is 2.24 bits per heavy atom. The van der Waals surface area contributed by atoms with E-state index in [2.05, 4.69) is 24.5 Å². The number of carbonyl (C=O) groups is 5. The molecule has 0 aromatic rings. The molecule has 0 aliphatic rings. The van der Waals surface area contributed by atoms with Crippen LogP contribution in [-0.2, 0) is 28.7 Å². The highest BCUT2D eigenvalue weighted by atomic mass is 33.1. The van der Waals surface area contributed by atoms with Crippen LogP contribution in [0.2, 0.25) is 0 Å². The number of hydrogen-bond acceptors (Lipinski definition) is 8. The van der Waals surface area contributed by atoms with Crippen molar-refractivity contribution in [2.24, 2.45) is 5.92 Å². The lowest BCUT2D eigenvalue weighted by Gasteiger charge is -2.23. The Labute approximate surface area is 205 Å².